The van der Waals surface area contributed by atoms with E-state index in [1.54, 1.807) is 12.1 Å². The first kappa shape index (κ1) is 21.3. The van der Waals surface area contributed by atoms with E-state index in [4.69, 9.17) is 13.9 Å². The van der Waals surface area contributed by atoms with Crippen LogP contribution in [-0.4, -0.2) is 18.5 Å². The van der Waals surface area contributed by atoms with E-state index >= 15 is 0 Å². The summed E-state index contributed by atoms with van der Waals surface area (Å²) in [6.07, 6.45) is 0. The standard InChI is InChI=1S/C28H21NO5/c30-26(29-24-15-8-10-19-9-4-5-13-21(19)24)18-33-28(31)27-23(17-32-20-11-2-1-3-12-20)22-14-6-7-16-25(22)34-27/h1-16H,17-18H2,(H,29,30). The first-order valence-electron chi connectivity index (χ1n) is 10.8. The summed E-state index contributed by atoms with van der Waals surface area (Å²) in [5.41, 5.74) is 1.76. The van der Waals surface area contributed by atoms with Crippen molar-refractivity contribution >= 4 is 39.3 Å². The van der Waals surface area contributed by atoms with Gasteiger partial charge in [0.2, 0.25) is 5.76 Å². The Morgan fingerprint density at radius 1 is 0.765 bits per heavy atom. The van der Waals surface area contributed by atoms with E-state index in [0.717, 1.165) is 16.2 Å². The number of furan rings is 1. The lowest BCUT2D eigenvalue weighted by molar-refractivity contribution is -0.119. The average Bonchev–Trinajstić information content (AvgIpc) is 3.25. The largest absolute Gasteiger partial charge is 0.489 e. The summed E-state index contributed by atoms with van der Waals surface area (Å²) in [5, 5.41) is 5.47. The molecule has 0 aliphatic carbocycles. The van der Waals surface area contributed by atoms with E-state index < -0.39 is 18.5 Å². The van der Waals surface area contributed by atoms with Gasteiger partial charge in [0.25, 0.3) is 5.91 Å². The molecule has 4 aromatic carbocycles. The average molecular weight is 451 g/mol. The number of fused-ring (bicyclic) bond motifs is 2. The minimum atomic E-state index is -0.726. The van der Waals surface area contributed by atoms with Crippen LogP contribution in [0.1, 0.15) is 16.1 Å². The topological polar surface area (TPSA) is 77.8 Å². The Balaban J connectivity index is 1.30. The van der Waals surface area contributed by atoms with Crippen LogP contribution in [0, 0.1) is 0 Å². The Morgan fingerprint density at radius 3 is 2.32 bits per heavy atom. The molecule has 6 heteroatoms. The van der Waals surface area contributed by atoms with E-state index in [0.29, 0.717) is 22.6 Å². The van der Waals surface area contributed by atoms with Crippen molar-refractivity contribution in [2.24, 2.45) is 0 Å². The molecule has 6 nitrogen and oxygen atoms in total. The third kappa shape index (κ3) is 4.47. The molecule has 0 aliphatic rings. The molecule has 168 valence electrons. The number of hydrogen-bond acceptors (Lipinski definition) is 5. The third-order valence-electron chi connectivity index (χ3n) is 5.41. The molecule has 0 atom stereocenters. The van der Waals surface area contributed by atoms with Crippen molar-refractivity contribution in [3.63, 3.8) is 0 Å². The smallest absolute Gasteiger partial charge is 0.375 e. The molecule has 1 aromatic heterocycles. The van der Waals surface area contributed by atoms with Crippen LogP contribution < -0.4 is 10.1 Å². The number of nitrogens with one attached hydrogen (secondary N) is 1. The molecule has 0 spiro atoms. The van der Waals surface area contributed by atoms with Gasteiger partial charge in [-0.05, 0) is 29.7 Å². The van der Waals surface area contributed by atoms with Crippen molar-refractivity contribution in [2.75, 3.05) is 11.9 Å². The number of ether oxygens (including phenoxy) is 2. The number of carbonyl (C=O) groups is 2. The second kappa shape index (κ2) is 9.50. The molecule has 34 heavy (non-hydrogen) atoms. The Hall–Kier alpha value is -4.58. The Morgan fingerprint density at radius 2 is 1.47 bits per heavy atom. The molecule has 0 bridgehead atoms. The highest BCUT2D eigenvalue weighted by molar-refractivity contribution is 6.03. The fourth-order valence-electron chi connectivity index (χ4n) is 3.80. The van der Waals surface area contributed by atoms with Gasteiger partial charge in [-0.25, -0.2) is 4.79 Å². The van der Waals surface area contributed by atoms with Crippen molar-refractivity contribution in [3.05, 3.63) is 108 Å². The molecule has 0 fully saturated rings. The Kier molecular flexibility index (Phi) is 5.95. The molecular weight excluding hydrogens is 430 g/mol. The zero-order valence-corrected chi connectivity index (χ0v) is 18.2. The summed E-state index contributed by atoms with van der Waals surface area (Å²) < 4.78 is 16.9. The second-order valence-corrected chi connectivity index (χ2v) is 7.66. The van der Waals surface area contributed by atoms with Crippen LogP contribution in [0.3, 0.4) is 0 Å². The lowest BCUT2D eigenvalue weighted by atomic mass is 10.1. The van der Waals surface area contributed by atoms with Crippen molar-refractivity contribution in [3.8, 4) is 5.75 Å². The number of rotatable bonds is 7. The maximum Gasteiger partial charge on any atom is 0.375 e. The first-order chi connectivity index (χ1) is 16.7. The first-order valence-corrected chi connectivity index (χ1v) is 10.8. The van der Waals surface area contributed by atoms with Gasteiger partial charge >= 0.3 is 5.97 Å². The summed E-state index contributed by atoms with van der Waals surface area (Å²) in [7, 11) is 0. The summed E-state index contributed by atoms with van der Waals surface area (Å²) in [6, 6.07) is 29.9. The molecule has 0 radical (unpaired) electrons. The van der Waals surface area contributed by atoms with Gasteiger partial charge in [0.15, 0.2) is 6.61 Å². The van der Waals surface area contributed by atoms with E-state index in [1.807, 2.05) is 84.9 Å². The van der Waals surface area contributed by atoms with Crippen LogP contribution in [0.15, 0.2) is 101 Å². The lowest BCUT2D eigenvalue weighted by Crippen LogP contribution is -2.21. The highest BCUT2D eigenvalue weighted by Crippen LogP contribution is 2.28. The molecular formula is C28H21NO5. The SMILES string of the molecule is O=C(COC(=O)c1oc2ccccc2c1COc1ccccc1)Nc1cccc2ccccc12. The molecule has 1 N–H and O–H groups in total. The van der Waals surface area contributed by atoms with E-state index in [-0.39, 0.29) is 12.4 Å². The van der Waals surface area contributed by atoms with Gasteiger partial charge in [0.1, 0.15) is 17.9 Å². The number of anilines is 1. The summed E-state index contributed by atoms with van der Waals surface area (Å²) in [6.45, 7) is -0.328. The van der Waals surface area contributed by atoms with Crippen molar-refractivity contribution < 1.29 is 23.5 Å². The maximum atomic E-state index is 12.9. The molecule has 0 unspecified atom stereocenters. The van der Waals surface area contributed by atoms with Crippen LogP contribution in [0.25, 0.3) is 21.7 Å². The normalized spacial score (nSPS) is 10.8. The van der Waals surface area contributed by atoms with Gasteiger partial charge in [0.05, 0.1) is 5.56 Å². The fraction of sp³-hybridized carbons (Fsp3) is 0.0714. The number of hydrogen-bond donors (Lipinski definition) is 1. The maximum absolute atomic E-state index is 12.9. The van der Waals surface area contributed by atoms with Gasteiger partial charge in [-0.15, -0.1) is 0 Å². The van der Waals surface area contributed by atoms with Gasteiger partial charge < -0.3 is 19.2 Å². The summed E-state index contributed by atoms with van der Waals surface area (Å²) in [5.74, 6) is -0.476. The molecule has 0 saturated heterocycles. The molecule has 5 rings (SSSR count). The van der Waals surface area contributed by atoms with E-state index in [1.165, 1.54) is 0 Å². The van der Waals surface area contributed by atoms with Crippen molar-refractivity contribution in [1.82, 2.24) is 0 Å². The van der Waals surface area contributed by atoms with Crippen molar-refractivity contribution in [2.45, 2.75) is 6.61 Å². The van der Waals surface area contributed by atoms with Crippen LogP contribution >= 0.6 is 0 Å². The van der Waals surface area contributed by atoms with Gasteiger partial charge in [-0.2, -0.15) is 0 Å². The predicted octanol–water partition coefficient (Wildman–Crippen LogP) is 5.96. The second-order valence-electron chi connectivity index (χ2n) is 7.66. The quantitative estimate of drug-likeness (QED) is 0.309. The molecule has 0 aliphatic heterocycles. The number of esters is 1. The van der Waals surface area contributed by atoms with Crippen molar-refractivity contribution in [1.29, 1.82) is 0 Å². The number of amides is 1. The predicted molar refractivity (Wildman–Crippen MR) is 130 cm³/mol. The number of para-hydroxylation sites is 2. The number of carbonyl (C=O) groups excluding carboxylic acids is 2. The van der Waals surface area contributed by atoms with Crippen LogP contribution in [-0.2, 0) is 16.1 Å². The zero-order chi connectivity index (χ0) is 23.3. The Bertz CT molecular complexity index is 1470. The summed E-state index contributed by atoms with van der Waals surface area (Å²) in [4.78, 5) is 25.4. The van der Waals surface area contributed by atoms with Crippen LogP contribution in [0.4, 0.5) is 5.69 Å². The molecule has 5 aromatic rings. The molecule has 1 heterocycles. The van der Waals surface area contributed by atoms with Gasteiger partial charge in [0, 0.05) is 16.5 Å². The number of benzene rings is 4. The van der Waals surface area contributed by atoms with Crippen LogP contribution in [0.5, 0.6) is 5.75 Å². The van der Waals surface area contributed by atoms with Gasteiger partial charge in [-0.1, -0.05) is 72.8 Å². The zero-order valence-electron chi connectivity index (χ0n) is 18.2. The fourth-order valence-corrected chi connectivity index (χ4v) is 3.80. The minimum absolute atomic E-state index is 0.0232. The minimum Gasteiger partial charge on any atom is -0.489 e. The third-order valence-corrected chi connectivity index (χ3v) is 5.41. The lowest BCUT2D eigenvalue weighted by Gasteiger charge is -2.09. The van der Waals surface area contributed by atoms with E-state index in [9.17, 15) is 9.59 Å². The monoisotopic (exact) mass is 451 g/mol. The highest BCUT2D eigenvalue weighted by Gasteiger charge is 2.23. The van der Waals surface area contributed by atoms with E-state index in [2.05, 4.69) is 5.32 Å². The molecule has 0 saturated carbocycles. The highest BCUT2D eigenvalue weighted by atomic mass is 16.5. The van der Waals surface area contributed by atoms with Crippen LogP contribution in [0.2, 0.25) is 0 Å². The summed E-state index contributed by atoms with van der Waals surface area (Å²) >= 11 is 0. The van der Waals surface area contributed by atoms with Gasteiger partial charge in [-0.3, -0.25) is 4.79 Å². The molecule has 1 amide bonds. The Labute approximate surface area is 195 Å².